The number of ether oxygens (including phenoxy) is 3. The first kappa shape index (κ1) is 38.5. The summed E-state index contributed by atoms with van der Waals surface area (Å²) in [5, 5.41) is 6.33. The molecular formula is C37H51N5O10S. The highest BCUT2D eigenvalue weighted by atomic mass is 32.2. The van der Waals surface area contributed by atoms with E-state index in [4.69, 9.17) is 18.4 Å². The minimum Gasteiger partial charge on any atom is -0.496 e. The summed E-state index contributed by atoms with van der Waals surface area (Å²) in [5.41, 5.74) is -0.801. The first-order chi connectivity index (χ1) is 25.0. The summed E-state index contributed by atoms with van der Waals surface area (Å²) < 4.78 is 49.8. The molecule has 2 heterocycles. The molecule has 4 aliphatic rings. The Hall–Kier alpha value is -4.18. The molecule has 3 aliphatic carbocycles. The number of benzene rings is 1. The van der Waals surface area contributed by atoms with E-state index in [0.29, 0.717) is 36.3 Å². The lowest BCUT2D eigenvalue weighted by molar-refractivity contribution is -0.143. The molecule has 4 amide bonds. The molecule has 3 saturated carbocycles. The Labute approximate surface area is 310 Å². The van der Waals surface area contributed by atoms with Gasteiger partial charge in [0, 0.05) is 23.6 Å². The van der Waals surface area contributed by atoms with Gasteiger partial charge in [-0.1, -0.05) is 34.1 Å². The van der Waals surface area contributed by atoms with E-state index >= 15 is 0 Å². The van der Waals surface area contributed by atoms with Crippen molar-refractivity contribution in [3.05, 3.63) is 30.0 Å². The summed E-state index contributed by atoms with van der Waals surface area (Å²) in [5.74, 6) is -1.22. The van der Waals surface area contributed by atoms with Crippen LogP contribution in [0.2, 0.25) is 0 Å². The predicted octanol–water partition coefficient (Wildman–Crippen LogP) is 3.81. The number of fused-ring (bicyclic) bond motifs is 1. The molecule has 15 nitrogen and oxygen atoms in total. The van der Waals surface area contributed by atoms with E-state index in [1.807, 2.05) is 51.5 Å². The second-order valence-corrected chi connectivity index (χ2v) is 17.1. The van der Waals surface area contributed by atoms with Crippen LogP contribution in [0.1, 0.15) is 91.0 Å². The Bertz CT molecular complexity index is 1860. The molecule has 0 radical (unpaired) electrons. The number of carbonyl (C=O) groups is 4. The Morgan fingerprint density at radius 1 is 1.02 bits per heavy atom. The van der Waals surface area contributed by atoms with Crippen molar-refractivity contribution >= 4 is 45.0 Å². The van der Waals surface area contributed by atoms with Gasteiger partial charge in [0.2, 0.25) is 11.8 Å². The van der Waals surface area contributed by atoms with Crippen LogP contribution in [0.25, 0.3) is 10.9 Å². The number of hydrogen-bond donors (Lipinski definition) is 3. The van der Waals surface area contributed by atoms with E-state index < -0.39 is 69.4 Å². The van der Waals surface area contributed by atoms with Crippen LogP contribution in [0, 0.1) is 18.3 Å². The van der Waals surface area contributed by atoms with Gasteiger partial charge in [0.05, 0.1) is 25.3 Å². The minimum absolute atomic E-state index is 0.0121. The Balaban J connectivity index is 1.27. The van der Waals surface area contributed by atoms with E-state index in [0.717, 1.165) is 36.6 Å². The summed E-state index contributed by atoms with van der Waals surface area (Å²) >= 11 is 0. The van der Waals surface area contributed by atoms with Gasteiger partial charge in [0.1, 0.15) is 41.3 Å². The van der Waals surface area contributed by atoms with Gasteiger partial charge in [0.25, 0.3) is 5.91 Å². The number of nitrogens with zero attached hydrogens (tertiary/aromatic N) is 2. The van der Waals surface area contributed by atoms with Crippen molar-refractivity contribution in [2.24, 2.45) is 11.3 Å². The summed E-state index contributed by atoms with van der Waals surface area (Å²) in [6, 6.07) is 3.17. The molecule has 5 atom stereocenters. The van der Waals surface area contributed by atoms with Gasteiger partial charge in [-0.3, -0.25) is 23.6 Å². The largest absolute Gasteiger partial charge is 0.496 e. The van der Waals surface area contributed by atoms with Crippen LogP contribution in [-0.4, -0.2) is 91.7 Å². The van der Waals surface area contributed by atoms with Gasteiger partial charge in [-0.2, -0.15) is 8.42 Å². The van der Waals surface area contributed by atoms with Gasteiger partial charge in [-0.25, -0.2) is 9.52 Å². The third kappa shape index (κ3) is 8.48. The van der Waals surface area contributed by atoms with Crippen molar-refractivity contribution < 1.29 is 46.0 Å². The number of aryl methyl sites for hydroxylation is 1. The number of amides is 4. The van der Waals surface area contributed by atoms with Gasteiger partial charge in [0.15, 0.2) is 0 Å². The van der Waals surface area contributed by atoms with Gasteiger partial charge < -0.3 is 29.7 Å². The highest BCUT2D eigenvalue weighted by Crippen LogP contribution is 2.47. The molecule has 290 valence electrons. The van der Waals surface area contributed by atoms with Gasteiger partial charge in [-0.05, 0) is 81.4 Å². The fraction of sp³-hybridized carbons (Fsp3) is 0.649. The highest BCUT2D eigenvalue weighted by Gasteiger charge is 2.62. The van der Waals surface area contributed by atoms with Crippen molar-refractivity contribution in [1.82, 2.24) is 25.2 Å². The fourth-order valence-electron chi connectivity index (χ4n) is 7.50. The molecule has 4 fully saturated rings. The Morgan fingerprint density at radius 3 is 2.36 bits per heavy atom. The normalized spacial score (nSPS) is 25.1. The third-order valence-corrected chi connectivity index (χ3v) is 11.7. The maximum absolute atomic E-state index is 14.6. The quantitative estimate of drug-likeness (QED) is 0.269. The lowest BCUT2D eigenvalue weighted by Gasteiger charge is -2.35. The zero-order valence-corrected chi connectivity index (χ0v) is 32.0. The van der Waals surface area contributed by atoms with Crippen LogP contribution in [0.5, 0.6) is 11.5 Å². The van der Waals surface area contributed by atoms with E-state index in [1.165, 1.54) is 4.90 Å². The first-order valence-corrected chi connectivity index (χ1v) is 19.9. The molecule has 53 heavy (non-hydrogen) atoms. The fourth-order valence-corrected chi connectivity index (χ4v) is 8.51. The number of pyridine rings is 1. The van der Waals surface area contributed by atoms with E-state index in [1.54, 1.807) is 19.4 Å². The molecule has 3 N–H and O–H groups in total. The van der Waals surface area contributed by atoms with Gasteiger partial charge >= 0.3 is 16.4 Å². The van der Waals surface area contributed by atoms with Crippen LogP contribution in [0.15, 0.2) is 24.4 Å². The zero-order chi connectivity index (χ0) is 38.3. The van der Waals surface area contributed by atoms with E-state index in [9.17, 15) is 27.6 Å². The number of aromatic nitrogens is 1. The lowest BCUT2D eigenvalue weighted by atomic mass is 9.85. The molecule has 1 aliphatic heterocycles. The molecule has 16 heteroatoms. The second kappa shape index (κ2) is 14.9. The Kier molecular flexibility index (Phi) is 10.9. The molecule has 1 aromatic carbocycles. The highest BCUT2D eigenvalue weighted by molar-refractivity contribution is 7.85. The summed E-state index contributed by atoms with van der Waals surface area (Å²) in [6.45, 7) is 9.15. The van der Waals surface area contributed by atoms with E-state index in [-0.39, 0.29) is 31.4 Å². The number of rotatable bonds is 13. The van der Waals surface area contributed by atoms with Crippen molar-refractivity contribution in [3.63, 3.8) is 0 Å². The molecule has 0 spiro atoms. The number of methoxy groups -OCH3 is 1. The molecule has 2 unspecified atom stereocenters. The standard InChI is InChI=1S/C37H51N5O10S/c1-7-22-19-37(22,34(45)41-53(47,48)52-24-12-13-24)40-32(43)27-18-25(50-29-16-17-38-30-21(2)28(49-6)15-14-26(29)30)20-42(27)33(44)31(36(3,4)5)39-35(46)51-23-10-8-9-11-23/h14-17,22-25,27,31H,7-13,18-20H2,1-6H3,(H,39,46)(H,40,43)(H,41,45)/t22-,25+,27?,31?,37+/m0/s1. The lowest BCUT2D eigenvalue weighted by Crippen LogP contribution is -2.60. The average molecular weight is 758 g/mol. The summed E-state index contributed by atoms with van der Waals surface area (Å²) in [7, 11) is -2.81. The molecule has 2 aromatic rings. The SMILES string of the molecule is CC[C@H]1C[C@]1(NC(=O)C1C[C@@H](Oc2ccnc3c(C)c(OC)ccc23)CN1C(=O)C(NC(=O)OC1CCCC1)C(C)(C)C)C(=O)NS(=O)(=O)OC1CC1. The molecular weight excluding hydrogens is 706 g/mol. The smallest absolute Gasteiger partial charge is 0.408 e. The molecule has 0 bridgehead atoms. The maximum atomic E-state index is 14.6. The summed E-state index contributed by atoms with van der Waals surface area (Å²) in [4.78, 5) is 61.4. The number of carbonyl (C=O) groups excluding carboxylic acids is 4. The topological polar surface area (TPSA) is 192 Å². The van der Waals surface area contributed by atoms with Crippen LogP contribution < -0.4 is 24.8 Å². The average Bonchev–Trinajstić information content (AvgIpc) is 3.92. The Morgan fingerprint density at radius 2 is 1.74 bits per heavy atom. The molecule has 6 rings (SSSR count). The van der Waals surface area contributed by atoms with Crippen molar-refractivity contribution in [2.45, 2.75) is 128 Å². The van der Waals surface area contributed by atoms with E-state index in [2.05, 4.69) is 15.6 Å². The van der Waals surface area contributed by atoms with Crippen molar-refractivity contribution in [1.29, 1.82) is 0 Å². The first-order valence-electron chi connectivity index (χ1n) is 18.5. The van der Waals surface area contributed by atoms with Crippen molar-refractivity contribution in [3.8, 4) is 11.5 Å². The molecule has 1 saturated heterocycles. The van der Waals surface area contributed by atoms with Crippen LogP contribution in [0.3, 0.4) is 0 Å². The number of alkyl carbamates (subject to hydrolysis) is 1. The minimum atomic E-state index is -4.39. The summed E-state index contributed by atoms with van der Waals surface area (Å²) in [6.07, 6.45) is 4.90. The van der Waals surface area contributed by atoms with Crippen LogP contribution in [-0.2, 0) is 33.6 Å². The number of hydrogen-bond acceptors (Lipinski definition) is 11. The van der Waals surface area contributed by atoms with Crippen LogP contribution >= 0.6 is 0 Å². The van der Waals surface area contributed by atoms with Crippen molar-refractivity contribution in [2.75, 3.05) is 13.7 Å². The maximum Gasteiger partial charge on any atom is 0.408 e. The molecule has 1 aromatic heterocycles. The third-order valence-electron chi connectivity index (χ3n) is 10.7. The monoisotopic (exact) mass is 757 g/mol. The number of nitrogens with one attached hydrogen (secondary N) is 3. The van der Waals surface area contributed by atoms with Crippen LogP contribution in [0.4, 0.5) is 4.79 Å². The van der Waals surface area contributed by atoms with Gasteiger partial charge in [-0.15, -0.1) is 0 Å². The second-order valence-electron chi connectivity index (χ2n) is 15.8. The number of likely N-dealkylation sites (tertiary alicyclic amines) is 1. The zero-order valence-electron chi connectivity index (χ0n) is 31.2. The predicted molar refractivity (Wildman–Crippen MR) is 193 cm³/mol.